The van der Waals surface area contributed by atoms with Gasteiger partial charge in [-0.05, 0) is 42.7 Å². The van der Waals surface area contributed by atoms with E-state index in [9.17, 15) is 4.79 Å². The number of ether oxygens (including phenoxy) is 2. The van der Waals surface area contributed by atoms with E-state index >= 15 is 0 Å². The fourth-order valence-corrected chi connectivity index (χ4v) is 4.79. The molecule has 4 aromatic rings. The molecule has 3 N–H and O–H groups in total. The summed E-state index contributed by atoms with van der Waals surface area (Å²) in [5, 5.41) is 13.3. The Hall–Kier alpha value is -4.24. The molecule has 2 aliphatic rings. The molecule has 2 aromatic heterocycles. The number of aromatic nitrogens is 4. The Bertz CT molecular complexity index is 1380. The van der Waals surface area contributed by atoms with Gasteiger partial charge < -0.3 is 20.1 Å². The van der Waals surface area contributed by atoms with E-state index < -0.39 is 0 Å². The van der Waals surface area contributed by atoms with Crippen molar-refractivity contribution < 1.29 is 14.3 Å². The molecule has 2 aromatic carbocycles. The van der Waals surface area contributed by atoms with Crippen molar-refractivity contribution in [3.05, 3.63) is 72.2 Å². The zero-order valence-corrected chi connectivity index (χ0v) is 20.4. The standard InChI is InChI=1S/C28H28N6O3/c35-26(31-21-5-1-2-6-21)17-37-23-7-3-4-19(12-23)27-33-25-16-36-15-24(25)28(34-27)32-22-10-8-18(9-11-22)20-13-29-30-14-20/h3-4,7-14,21H,1-2,5-6,15-17H2,(H,29,30)(H,31,35)(H,32,33,34). The largest absolute Gasteiger partial charge is 0.484 e. The fraction of sp³-hybridized carbons (Fsp3) is 0.286. The monoisotopic (exact) mass is 496 g/mol. The third-order valence-electron chi connectivity index (χ3n) is 6.74. The summed E-state index contributed by atoms with van der Waals surface area (Å²) in [5.74, 6) is 1.80. The van der Waals surface area contributed by atoms with Crippen molar-refractivity contribution in [2.45, 2.75) is 44.9 Å². The third kappa shape index (κ3) is 5.31. The smallest absolute Gasteiger partial charge is 0.258 e. The van der Waals surface area contributed by atoms with Gasteiger partial charge >= 0.3 is 0 Å². The molecule has 1 saturated carbocycles. The van der Waals surface area contributed by atoms with Crippen molar-refractivity contribution in [2.24, 2.45) is 0 Å². The zero-order chi connectivity index (χ0) is 25.0. The van der Waals surface area contributed by atoms with Gasteiger partial charge in [-0.15, -0.1) is 0 Å². The number of benzene rings is 2. The van der Waals surface area contributed by atoms with Crippen LogP contribution in [0.25, 0.3) is 22.5 Å². The van der Waals surface area contributed by atoms with Crippen LogP contribution in [0.3, 0.4) is 0 Å². The van der Waals surface area contributed by atoms with Crippen LogP contribution >= 0.6 is 0 Å². The first kappa shape index (κ1) is 23.2. The Balaban J connectivity index is 1.19. The lowest BCUT2D eigenvalue weighted by Gasteiger charge is -2.14. The number of carbonyl (C=O) groups excluding carboxylic acids is 1. The van der Waals surface area contributed by atoms with E-state index in [2.05, 4.69) is 20.8 Å². The van der Waals surface area contributed by atoms with Crippen LogP contribution in [0.15, 0.2) is 60.9 Å². The Morgan fingerprint density at radius 2 is 1.89 bits per heavy atom. The van der Waals surface area contributed by atoms with Crippen LogP contribution in [0.5, 0.6) is 5.75 Å². The molecule has 0 spiro atoms. The molecule has 0 radical (unpaired) electrons. The SMILES string of the molecule is O=C(COc1cccc(-c2nc3c(c(Nc4ccc(-c5cn[nH]c5)cc4)n2)COC3)c1)NC1CCCC1. The Morgan fingerprint density at radius 1 is 1.03 bits per heavy atom. The predicted molar refractivity (Wildman–Crippen MR) is 139 cm³/mol. The van der Waals surface area contributed by atoms with Gasteiger partial charge in [-0.25, -0.2) is 9.97 Å². The van der Waals surface area contributed by atoms with Crippen LogP contribution in [-0.2, 0) is 22.7 Å². The zero-order valence-electron chi connectivity index (χ0n) is 20.4. The highest BCUT2D eigenvalue weighted by atomic mass is 16.5. The number of aromatic amines is 1. The van der Waals surface area contributed by atoms with Gasteiger partial charge in [-0.2, -0.15) is 5.10 Å². The van der Waals surface area contributed by atoms with E-state index in [1.54, 1.807) is 6.20 Å². The maximum Gasteiger partial charge on any atom is 0.258 e. The molecule has 0 atom stereocenters. The maximum absolute atomic E-state index is 12.3. The number of hydrogen-bond acceptors (Lipinski definition) is 7. The molecule has 9 nitrogen and oxygen atoms in total. The van der Waals surface area contributed by atoms with Gasteiger partial charge in [0.15, 0.2) is 12.4 Å². The molecule has 0 unspecified atom stereocenters. The number of anilines is 2. The van der Waals surface area contributed by atoms with Crippen molar-refractivity contribution >= 4 is 17.4 Å². The Morgan fingerprint density at radius 3 is 2.70 bits per heavy atom. The first-order valence-corrected chi connectivity index (χ1v) is 12.6. The summed E-state index contributed by atoms with van der Waals surface area (Å²) in [4.78, 5) is 21.9. The maximum atomic E-state index is 12.3. The molecule has 1 amide bonds. The van der Waals surface area contributed by atoms with Crippen LogP contribution in [0.1, 0.15) is 36.9 Å². The average molecular weight is 497 g/mol. The summed E-state index contributed by atoms with van der Waals surface area (Å²) in [6, 6.07) is 15.9. The number of fused-ring (bicyclic) bond motifs is 1. The molecular formula is C28H28N6O3. The number of nitrogens with one attached hydrogen (secondary N) is 3. The molecule has 9 heteroatoms. The summed E-state index contributed by atoms with van der Waals surface area (Å²) in [5.41, 5.74) is 5.65. The summed E-state index contributed by atoms with van der Waals surface area (Å²) < 4.78 is 11.5. The molecule has 3 heterocycles. The highest BCUT2D eigenvalue weighted by Gasteiger charge is 2.21. The van der Waals surface area contributed by atoms with Crippen LogP contribution in [-0.4, -0.2) is 38.7 Å². The van der Waals surface area contributed by atoms with Crippen molar-refractivity contribution in [1.29, 1.82) is 0 Å². The summed E-state index contributed by atoms with van der Waals surface area (Å²) in [6.45, 7) is 0.890. The van der Waals surface area contributed by atoms with E-state index in [1.807, 2.05) is 54.7 Å². The molecule has 0 saturated heterocycles. The number of rotatable bonds is 8. The van der Waals surface area contributed by atoms with Gasteiger partial charge in [0.25, 0.3) is 5.91 Å². The van der Waals surface area contributed by atoms with E-state index in [0.717, 1.165) is 52.3 Å². The summed E-state index contributed by atoms with van der Waals surface area (Å²) in [7, 11) is 0. The minimum absolute atomic E-state index is 0.0134. The quantitative estimate of drug-likeness (QED) is 0.323. The Labute approximate surface area is 214 Å². The normalized spacial score (nSPS) is 14.9. The lowest BCUT2D eigenvalue weighted by Crippen LogP contribution is -2.36. The lowest BCUT2D eigenvalue weighted by atomic mass is 10.1. The first-order valence-electron chi connectivity index (χ1n) is 12.6. The number of amides is 1. The van der Waals surface area contributed by atoms with E-state index in [-0.39, 0.29) is 18.6 Å². The van der Waals surface area contributed by atoms with Crippen molar-refractivity contribution in [3.8, 4) is 28.3 Å². The van der Waals surface area contributed by atoms with Crippen molar-refractivity contribution in [1.82, 2.24) is 25.5 Å². The summed E-state index contributed by atoms with van der Waals surface area (Å²) in [6.07, 6.45) is 8.10. The first-order chi connectivity index (χ1) is 18.2. The second-order valence-electron chi connectivity index (χ2n) is 9.37. The van der Waals surface area contributed by atoms with Gasteiger partial charge in [0, 0.05) is 34.6 Å². The summed E-state index contributed by atoms with van der Waals surface area (Å²) >= 11 is 0. The number of nitrogens with zero attached hydrogens (tertiary/aromatic N) is 3. The van der Waals surface area contributed by atoms with Gasteiger partial charge in [-0.1, -0.05) is 37.1 Å². The highest BCUT2D eigenvalue weighted by molar-refractivity contribution is 5.78. The topological polar surface area (TPSA) is 114 Å². The highest BCUT2D eigenvalue weighted by Crippen LogP contribution is 2.31. The van der Waals surface area contributed by atoms with Crippen LogP contribution in [0.4, 0.5) is 11.5 Å². The van der Waals surface area contributed by atoms with Crippen molar-refractivity contribution in [2.75, 3.05) is 11.9 Å². The van der Waals surface area contributed by atoms with Crippen LogP contribution < -0.4 is 15.4 Å². The molecule has 37 heavy (non-hydrogen) atoms. The van der Waals surface area contributed by atoms with Crippen LogP contribution in [0.2, 0.25) is 0 Å². The van der Waals surface area contributed by atoms with Gasteiger partial charge in [-0.3, -0.25) is 9.89 Å². The van der Waals surface area contributed by atoms with E-state index in [4.69, 9.17) is 19.4 Å². The van der Waals surface area contributed by atoms with Gasteiger partial charge in [0.1, 0.15) is 11.6 Å². The number of H-pyrrole nitrogens is 1. The van der Waals surface area contributed by atoms with E-state index in [0.29, 0.717) is 24.8 Å². The number of carbonyl (C=O) groups is 1. The third-order valence-corrected chi connectivity index (χ3v) is 6.74. The fourth-order valence-electron chi connectivity index (χ4n) is 4.79. The van der Waals surface area contributed by atoms with Crippen LogP contribution in [0, 0.1) is 0 Å². The lowest BCUT2D eigenvalue weighted by molar-refractivity contribution is -0.123. The Kier molecular flexibility index (Phi) is 6.51. The number of hydrogen-bond donors (Lipinski definition) is 3. The minimum atomic E-state index is -0.0893. The molecule has 1 aliphatic heterocycles. The molecular weight excluding hydrogens is 468 g/mol. The van der Waals surface area contributed by atoms with Gasteiger partial charge in [0.2, 0.25) is 0 Å². The molecule has 6 rings (SSSR count). The molecule has 1 aliphatic carbocycles. The minimum Gasteiger partial charge on any atom is -0.484 e. The molecule has 0 bridgehead atoms. The van der Waals surface area contributed by atoms with Gasteiger partial charge in [0.05, 0.1) is 25.1 Å². The predicted octanol–water partition coefficient (Wildman–Crippen LogP) is 4.75. The van der Waals surface area contributed by atoms with Crippen molar-refractivity contribution in [3.63, 3.8) is 0 Å². The van der Waals surface area contributed by atoms with E-state index in [1.165, 1.54) is 12.8 Å². The second kappa shape index (κ2) is 10.4. The molecule has 1 fully saturated rings. The molecule has 188 valence electrons. The second-order valence-corrected chi connectivity index (χ2v) is 9.37. The average Bonchev–Trinajstić information content (AvgIpc) is 3.71.